The first-order chi connectivity index (χ1) is 10.7. The highest BCUT2D eigenvalue weighted by Crippen LogP contribution is 2.15. The van der Waals surface area contributed by atoms with E-state index in [1.807, 2.05) is 30.3 Å². The molecule has 2 N–H and O–H groups in total. The molecule has 1 heterocycles. The molecular formula is C16H21N3O4. The van der Waals surface area contributed by atoms with Crippen molar-refractivity contribution in [2.45, 2.75) is 39.8 Å². The fourth-order valence-corrected chi connectivity index (χ4v) is 2.08. The molecule has 0 unspecified atom stereocenters. The number of carbonyl (C=O) groups is 1. The molecule has 0 fully saturated rings. The number of nitrogens with one attached hydrogen (secondary N) is 1. The monoisotopic (exact) mass is 319 g/mol. The zero-order valence-electron chi connectivity index (χ0n) is 13.7. The fourth-order valence-electron chi connectivity index (χ4n) is 2.08. The lowest BCUT2D eigenvalue weighted by molar-refractivity contribution is 0.0609. The molecule has 0 spiro atoms. The molecule has 1 amide bonds. The van der Waals surface area contributed by atoms with Crippen molar-refractivity contribution in [3.8, 4) is 5.88 Å². The van der Waals surface area contributed by atoms with Crippen molar-refractivity contribution in [1.29, 1.82) is 0 Å². The first-order valence-corrected chi connectivity index (χ1v) is 7.24. The molecule has 2 rings (SSSR count). The molecule has 0 saturated carbocycles. The maximum Gasteiger partial charge on any atom is 0.427 e. The summed E-state index contributed by atoms with van der Waals surface area (Å²) in [5.41, 5.74) is 2.27. The molecule has 0 aliphatic rings. The Morgan fingerprint density at radius 2 is 1.87 bits per heavy atom. The lowest BCUT2D eigenvalue weighted by Crippen LogP contribution is -2.37. The van der Waals surface area contributed by atoms with E-state index in [-0.39, 0.29) is 5.88 Å². The van der Waals surface area contributed by atoms with Crippen LogP contribution >= 0.6 is 0 Å². The van der Waals surface area contributed by atoms with Crippen molar-refractivity contribution >= 4 is 6.09 Å². The van der Waals surface area contributed by atoms with Crippen molar-refractivity contribution in [3.63, 3.8) is 0 Å². The summed E-state index contributed by atoms with van der Waals surface area (Å²) in [6, 6.07) is 9.37. The van der Waals surface area contributed by atoms with E-state index in [9.17, 15) is 14.7 Å². The van der Waals surface area contributed by atoms with Crippen LogP contribution in [-0.2, 0) is 11.3 Å². The van der Waals surface area contributed by atoms with Crippen LogP contribution in [0.2, 0.25) is 0 Å². The summed E-state index contributed by atoms with van der Waals surface area (Å²) >= 11 is 0. The predicted molar refractivity (Wildman–Crippen MR) is 86.2 cm³/mol. The number of amides is 1. The number of imidazole rings is 1. The lowest BCUT2D eigenvalue weighted by Gasteiger charge is -2.19. The third-order valence-corrected chi connectivity index (χ3v) is 3.15. The van der Waals surface area contributed by atoms with Gasteiger partial charge in [-0.15, -0.1) is 0 Å². The normalized spacial score (nSPS) is 11.3. The molecule has 7 heteroatoms. The number of nitrogens with zero attached hydrogens (tertiary/aromatic N) is 2. The molecule has 1 aromatic heterocycles. The van der Waals surface area contributed by atoms with E-state index in [1.165, 1.54) is 4.57 Å². The van der Waals surface area contributed by atoms with Gasteiger partial charge in [0.2, 0.25) is 5.88 Å². The standard InChI is InChI=1S/C16H21N3O4/c1-11-13(20)19(17-14(21)23-16(2,3)4)15(22)18(11)10-12-8-6-5-7-9-12/h5-9,20H,10H2,1-4H3,(H,17,21). The maximum absolute atomic E-state index is 12.4. The summed E-state index contributed by atoms with van der Waals surface area (Å²) < 4.78 is 7.25. The van der Waals surface area contributed by atoms with Crippen LogP contribution in [0.4, 0.5) is 4.79 Å². The van der Waals surface area contributed by atoms with Crippen LogP contribution in [-0.4, -0.2) is 26.0 Å². The molecule has 23 heavy (non-hydrogen) atoms. The summed E-state index contributed by atoms with van der Waals surface area (Å²) in [6.45, 7) is 7.03. The van der Waals surface area contributed by atoms with Gasteiger partial charge in [0.25, 0.3) is 0 Å². The number of hydrogen-bond acceptors (Lipinski definition) is 4. The van der Waals surface area contributed by atoms with Crippen LogP contribution in [0.5, 0.6) is 5.88 Å². The average molecular weight is 319 g/mol. The molecule has 7 nitrogen and oxygen atoms in total. The van der Waals surface area contributed by atoms with Crippen LogP contribution in [0.3, 0.4) is 0 Å². The molecule has 0 bridgehead atoms. The predicted octanol–water partition coefficient (Wildman–Crippen LogP) is 2.19. The van der Waals surface area contributed by atoms with Gasteiger partial charge >= 0.3 is 11.8 Å². The van der Waals surface area contributed by atoms with Gasteiger partial charge in [0.05, 0.1) is 12.2 Å². The van der Waals surface area contributed by atoms with E-state index in [2.05, 4.69) is 5.43 Å². The highest BCUT2D eigenvalue weighted by atomic mass is 16.6. The third-order valence-electron chi connectivity index (χ3n) is 3.15. The van der Waals surface area contributed by atoms with Gasteiger partial charge in [0, 0.05) is 0 Å². The second kappa shape index (κ2) is 6.20. The number of carbonyl (C=O) groups excluding carboxylic acids is 1. The van der Waals surface area contributed by atoms with Gasteiger partial charge in [-0.1, -0.05) is 30.3 Å². The van der Waals surface area contributed by atoms with Gasteiger partial charge in [0.1, 0.15) is 5.60 Å². The molecule has 0 saturated heterocycles. The van der Waals surface area contributed by atoms with E-state index >= 15 is 0 Å². The van der Waals surface area contributed by atoms with Crippen molar-refractivity contribution < 1.29 is 14.6 Å². The Balaban J connectivity index is 2.28. The second-order valence-corrected chi connectivity index (χ2v) is 6.21. The minimum Gasteiger partial charge on any atom is -0.492 e. The van der Waals surface area contributed by atoms with E-state index in [0.717, 1.165) is 10.2 Å². The van der Waals surface area contributed by atoms with Crippen LogP contribution in [0, 0.1) is 6.92 Å². The van der Waals surface area contributed by atoms with Gasteiger partial charge in [0.15, 0.2) is 0 Å². The number of aromatic hydroxyl groups is 1. The molecule has 0 radical (unpaired) electrons. The van der Waals surface area contributed by atoms with Crippen molar-refractivity contribution in [2.75, 3.05) is 5.43 Å². The van der Waals surface area contributed by atoms with E-state index in [1.54, 1.807) is 27.7 Å². The van der Waals surface area contributed by atoms with Crippen LogP contribution in [0.1, 0.15) is 32.0 Å². The maximum atomic E-state index is 12.4. The minimum absolute atomic E-state index is 0.294. The Hall–Kier alpha value is -2.70. The summed E-state index contributed by atoms with van der Waals surface area (Å²) in [5.74, 6) is -0.322. The summed E-state index contributed by atoms with van der Waals surface area (Å²) in [6.07, 6.45) is -0.813. The Kier molecular flexibility index (Phi) is 4.49. The largest absolute Gasteiger partial charge is 0.492 e. The van der Waals surface area contributed by atoms with Crippen LogP contribution in [0.15, 0.2) is 35.1 Å². The van der Waals surface area contributed by atoms with Crippen molar-refractivity contribution in [3.05, 3.63) is 52.1 Å². The van der Waals surface area contributed by atoms with Crippen LogP contribution in [0.25, 0.3) is 0 Å². The molecule has 1 aromatic carbocycles. The van der Waals surface area contributed by atoms with Gasteiger partial charge in [-0.3, -0.25) is 4.57 Å². The molecule has 0 atom stereocenters. The molecule has 2 aromatic rings. The van der Waals surface area contributed by atoms with Gasteiger partial charge in [-0.05, 0) is 33.3 Å². The zero-order valence-corrected chi connectivity index (χ0v) is 13.7. The van der Waals surface area contributed by atoms with E-state index < -0.39 is 17.4 Å². The summed E-state index contributed by atoms with van der Waals surface area (Å²) in [7, 11) is 0. The first-order valence-electron chi connectivity index (χ1n) is 7.24. The number of benzene rings is 1. The van der Waals surface area contributed by atoms with Crippen molar-refractivity contribution in [2.24, 2.45) is 0 Å². The van der Waals surface area contributed by atoms with Crippen LogP contribution < -0.4 is 11.1 Å². The summed E-state index contributed by atoms with van der Waals surface area (Å²) in [5, 5.41) is 10.1. The first kappa shape index (κ1) is 16.7. The molecule has 0 aliphatic heterocycles. The van der Waals surface area contributed by atoms with E-state index in [0.29, 0.717) is 12.2 Å². The Morgan fingerprint density at radius 3 is 2.43 bits per heavy atom. The van der Waals surface area contributed by atoms with Crippen molar-refractivity contribution in [1.82, 2.24) is 9.24 Å². The number of ether oxygens (including phenoxy) is 1. The minimum atomic E-state index is -0.813. The topological polar surface area (TPSA) is 85.5 Å². The second-order valence-electron chi connectivity index (χ2n) is 6.21. The molecule has 0 aliphatic carbocycles. The Labute approximate surface area is 134 Å². The molecule has 124 valence electrons. The number of hydrogen-bond donors (Lipinski definition) is 2. The number of rotatable bonds is 3. The summed E-state index contributed by atoms with van der Waals surface area (Å²) in [4.78, 5) is 24.2. The Morgan fingerprint density at radius 1 is 1.26 bits per heavy atom. The van der Waals surface area contributed by atoms with Gasteiger partial charge in [-0.2, -0.15) is 4.68 Å². The van der Waals surface area contributed by atoms with E-state index in [4.69, 9.17) is 4.74 Å². The highest BCUT2D eigenvalue weighted by molar-refractivity contribution is 5.76. The molecular weight excluding hydrogens is 298 g/mol. The average Bonchev–Trinajstić information content (AvgIpc) is 2.64. The van der Waals surface area contributed by atoms with Gasteiger partial charge < -0.3 is 9.84 Å². The number of aromatic nitrogens is 2. The fraction of sp³-hybridized carbons (Fsp3) is 0.375. The third kappa shape index (κ3) is 3.94. The zero-order chi connectivity index (χ0) is 17.2. The quantitative estimate of drug-likeness (QED) is 0.908. The smallest absolute Gasteiger partial charge is 0.427 e. The van der Waals surface area contributed by atoms with Gasteiger partial charge in [-0.25, -0.2) is 15.0 Å². The Bertz CT molecular complexity index is 754. The SMILES string of the molecule is Cc1c(O)n(NC(=O)OC(C)(C)C)c(=O)n1Cc1ccccc1. The lowest BCUT2D eigenvalue weighted by atomic mass is 10.2. The highest BCUT2D eigenvalue weighted by Gasteiger charge is 2.21.